The summed E-state index contributed by atoms with van der Waals surface area (Å²) in [4.78, 5) is 12.4. The Balaban J connectivity index is 1.77. The summed E-state index contributed by atoms with van der Waals surface area (Å²) in [7, 11) is 1.50. The van der Waals surface area contributed by atoms with Gasteiger partial charge in [0.05, 0.1) is 7.11 Å². The number of rotatable bonds is 3. The van der Waals surface area contributed by atoms with Crippen molar-refractivity contribution < 1.29 is 9.53 Å². The van der Waals surface area contributed by atoms with E-state index < -0.39 is 5.54 Å². The quantitative estimate of drug-likeness (QED) is 0.849. The van der Waals surface area contributed by atoms with Crippen molar-refractivity contribution in [2.24, 2.45) is 5.41 Å². The zero-order chi connectivity index (χ0) is 14.8. The minimum absolute atomic E-state index is 0.112. The van der Waals surface area contributed by atoms with E-state index in [9.17, 15) is 4.79 Å². The highest BCUT2D eigenvalue weighted by atomic mass is 16.5. The number of para-hydroxylation sites is 1. The first-order valence-corrected chi connectivity index (χ1v) is 8.10. The molecule has 2 aliphatic rings. The fourth-order valence-corrected chi connectivity index (χ4v) is 4.21. The van der Waals surface area contributed by atoms with Crippen molar-refractivity contribution in [2.75, 3.05) is 12.4 Å². The molecule has 0 bridgehead atoms. The number of hydrogen-bond donors (Lipinski definition) is 1. The molecule has 3 rings (SSSR count). The molecule has 0 amide bonds. The molecule has 1 aromatic carbocycles. The van der Waals surface area contributed by atoms with E-state index in [0.29, 0.717) is 5.41 Å². The summed E-state index contributed by atoms with van der Waals surface area (Å²) in [6.45, 7) is 0. The highest BCUT2D eigenvalue weighted by Gasteiger charge is 2.48. The normalized spacial score (nSPS) is 22.9. The molecular formula is C18H25NO2. The summed E-state index contributed by atoms with van der Waals surface area (Å²) in [5.41, 5.74) is 0.977. The Labute approximate surface area is 127 Å². The van der Waals surface area contributed by atoms with Crippen LogP contribution in [-0.2, 0) is 9.53 Å². The van der Waals surface area contributed by atoms with Gasteiger partial charge in [-0.3, -0.25) is 0 Å². The Hall–Kier alpha value is -1.51. The van der Waals surface area contributed by atoms with E-state index in [1.165, 1.54) is 32.8 Å². The SMILES string of the molecule is COC(=O)C1(Nc2ccccc2)CCC2(CCCC2)CC1. The number of hydrogen-bond acceptors (Lipinski definition) is 3. The summed E-state index contributed by atoms with van der Waals surface area (Å²) >= 11 is 0. The summed E-state index contributed by atoms with van der Waals surface area (Å²) < 4.78 is 5.11. The lowest BCUT2D eigenvalue weighted by molar-refractivity contribution is -0.148. The second-order valence-electron chi connectivity index (χ2n) is 6.77. The van der Waals surface area contributed by atoms with Crippen molar-refractivity contribution in [1.82, 2.24) is 0 Å². The standard InChI is InChI=1S/C18H25NO2/c1-21-16(20)18(19-15-7-3-2-4-8-15)13-11-17(12-14-18)9-5-6-10-17/h2-4,7-8,19H,5-6,9-14H2,1H3. The summed E-state index contributed by atoms with van der Waals surface area (Å²) in [6, 6.07) is 10.0. The van der Waals surface area contributed by atoms with Crippen molar-refractivity contribution in [2.45, 2.75) is 56.9 Å². The number of methoxy groups -OCH3 is 1. The molecule has 0 atom stereocenters. The Kier molecular flexibility index (Phi) is 3.92. The minimum Gasteiger partial charge on any atom is -0.467 e. The van der Waals surface area contributed by atoms with E-state index in [4.69, 9.17) is 4.74 Å². The predicted molar refractivity (Wildman–Crippen MR) is 84.2 cm³/mol. The molecule has 2 aliphatic carbocycles. The molecule has 21 heavy (non-hydrogen) atoms. The topological polar surface area (TPSA) is 38.3 Å². The van der Waals surface area contributed by atoms with Gasteiger partial charge in [-0.05, 0) is 56.1 Å². The second kappa shape index (κ2) is 5.70. The van der Waals surface area contributed by atoms with E-state index in [2.05, 4.69) is 5.32 Å². The van der Waals surface area contributed by atoms with Crippen molar-refractivity contribution in [3.63, 3.8) is 0 Å². The molecule has 1 aromatic rings. The fourth-order valence-electron chi connectivity index (χ4n) is 4.21. The molecule has 0 unspecified atom stereocenters. The van der Waals surface area contributed by atoms with Crippen LogP contribution in [-0.4, -0.2) is 18.6 Å². The summed E-state index contributed by atoms with van der Waals surface area (Å²) in [6.07, 6.45) is 9.45. The maximum Gasteiger partial charge on any atom is 0.331 e. The van der Waals surface area contributed by atoms with E-state index in [-0.39, 0.29) is 5.97 Å². The van der Waals surface area contributed by atoms with Gasteiger partial charge in [0.25, 0.3) is 0 Å². The van der Waals surface area contributed by atoms with Crippen LogP contribution in [0.2, 0.25) is 0 Å². The molecule has 1 spiro atoms. The lowest BCUT2D eigenvalue weighted by atomic mass is 9.66. The van der Waals surface area contributed by atoms with Crippen LogP contribution in [0.25, 0.3) is 0 Å². The van der Waals surface area contributed by atoms with Crippen LogP contribution in [0.4, 0.5) is 5.69 Å². The van der Waals surface area contributed by atoms with Gasteiger partial charge in [-0.2, -0.15) is 0 Å². The van der Waals surface area contributed by atoms with Gasteiger partial charge in [0.2, 0.25) is 0 Å². The maximum atomic E-state index is 12.4. The van der Waals surface area contributed by atoms with E-state index >= 15 is 0 Å². The number of ether oxygens (including phenoxy) is 1. The summed E-state index contributed by atoms with van der Waals surface area (Å²) in [5, 5.41) is 3.48. The van der Waals surface area contributed by atoms with Crippen molar-refractivity contribution >= 4 is 11.7 Å². The second-order valence-corrected chi connectivity index (χ2v) is 6.77. The van der Waals surface area contributed by atoms with Crippen molar-refractivity contribution in [1.29, 1.82) is 0 Å². The van der Waals surface area contributed by atoms with Crippen LogP contribution in [0.3, 0.4) is 0 Å². The van der Waals surface area contributed by atoms with Crippen LogP contribution in [0.1, 0.15) is 51.4 Å². The van der Waals surface area contributed by atoms with Gasteiger partial charge in [0.1, 0.15) is 5.54 Å². The highest BCUT2D eigenvalue weighted by Crippen LogP contribution is 2.52. The molecule has 114 valence electrons. The molecule has 1 N–H and O–H groups in total. The maximum absolute atomic E-state index is 12.4. The zero-order valence-corrected chi connectivity index (χ0v) is 12.9. The van der Waals surface area contributed by atoms with Crippen LogP contribution < -0.4 is 5.32 Å². The third-order valence-corrected chi connectivity index (χ3v) is 5.56. The number of nitrogens with one attached hydrogen (secondary N) is 1. The molecule has 2 fully saturated rings. The fraction of sp³-hybridized carbons (Fsp3) is 0.611. The number of carbonyl (C=O) groups is 1. The Morgan fingerprint density at radius 3 is 2.19 bits per heavy atom. The Morgan fingerprint density at radius 1 is 1.00 bits per heavy atom. The molecule has 0 heterocycles. The van der Waals surface area contributed by atoms with Crippen LogP contribution in [0, 0.1) is 5.41 Å². The largest absolute Gasteiger partial charge is 0.467 e. The molecule has 3 heteroatoms. The van der Waals surface area contributed by atoms with Gasteiger partial charge in [0.15, 0.2) is 0 Å². The van der Waals surface area contributed by atoms with Gasteiger partial charge >= 0.3 is 5.97 Å². The number of anilines is 1. The average Bonchev–Trinajstić information content (AvgIpc) is 2.99. The van der Waals surface area contributed by atoms with Gasteiger partial charge in [-0.15, -0.1) is 0 Å². The molecule has 0 saturated heterocycles. The van der Waals surface area contributed by atoms with Crippen molar-refractivity contribution in [3.05, 3.63) is 30.3 Å². The molecule has 0 aliphatic heterocycles. The monoisotopic (exact) mass is 287 g/mol. The first-order valence-electron chi connectivity index (χ1n) is 8.10. The Morgan fingerprint density at radius 2 is 1.62 bits per heavy atom. The highest BCUT2D eigenvalue weighted by molar-refractivity contribution is 5.84. The summed E-state index contributed by atoms with van der Waals surface area (Å²) in [5.74, 6) is -0.112. The van der Waals surface area contributed by atoms with E-state index in [1.54, 1.807) is 0 Å². The Bertz CT molecular complexity index is 481. The number of benzene rings is 1. The van der Waals surface area contributed by atoms with E-state index in [1.807, 2.05) is 30.3 Å². The van der Waals surface area contributed by atoms with Gasteiger partial charge in [0, 0.05) is 5.69 Å². The zero-order valence-electron chi connectivity index (χ0n) is 12.9. The molecular weight excluding hydrogens is 262 g/mol. The first-order chi connectivity index (χ1) is 10.2. The van der Waals surface area contributed by atoms with Gasteiger partial charge < -0.3 is 10.1 Å². The number of carbonyl (C=O) groups excluding carboxylic acids is 1. The van der Waals surface area contributed by atoms with Crippen molar-refractivity contribution in [3.8, 4) is 0 Å². The van der Waals surface area contributed by atoms with Crippen LogP contribution >= 0.6 is 0 Å². The van der Waals surface area contributed by atoms with Gasteiger partial charge in [-0.1, -0.05) is 31.0 Å². The average molecular weight is 287 g/mol. The van der Waals surface area contributed by atoms with E-state index in [0.717, 1.165) is 31.4 Å². The number of esters is 1. The molecule has 3 nitrogen and oxygen atoms in total. The molecule has 0 aromatic heterocycles. The molecule has 0 radical (unpaired) electrons. The lowest BCUT2D eigenvalue weighted by Gasteiger charge is -2.44. The third-order valence-electron chi connectivity index (χ3n) is 5.56. The third kappa shape index (κ3) is 2.78. The first kappa shape index (κ1) is 14.4. The van der Waals surface area contributed by atoms with Gasteiger partial charge in [-0.25, -0.2) is 4.79 Å². The smallest absolute Gasteiger partial charge is 0.331 e. The van der Waals surface area contributed by atoms with Crippen LogP contribution in [0.5, 0.6) is 0 Å². The van der Waals surface area contributed by atoms with Crippen LogP contribution in [0.15, 0.2) is 30.3 Å². The molecule has 2 saturated carbocycles. The minimum atomic E-state index is -0.538. The lowest BCUT2D eigenvalue weighted by Crippen LogP contribution is -2.51. The predicted octanol–water partition coefficient (Wildman–Crippen LogP) is 4.14.